The first-order valence-electron chi connectivity index (χ1n) is 7.27. The number of carbonyl (C=O) groups excluding carboxylic acids is 1. The lowest BCUT2D eigenvalue weighted by Crippen LogP contribution is -2.07. The number of halogens is 2. The minimum atomic E-state index is -0.493. The van der Waals surface area contributed by atoms with E-state index in [-0.39, 0.29) is 5.97 Å². The van der Waals surface area contributed by atoms with E-state index in [0.717, 1.165) is 22.1 Å². The second-order valence-electron chi connectivity index (χ2n) is 5.15. The first kappa shape index (κ1) is 16.8. The van der Waals surface area contributed by atoms with Crippen molar-refractivity contribution < 1.29 is 14.3 Å². The van der Waals surface area contributed by atoms with Gasteiger partial charge in [-0.05, 0) is 29.8 Å². The minimum absolute atomic E-state index is 0.340. The third-order valence-electron chi connectivity index (χ3n) is 3.64. The summed E-state index contributed by atoms with van der Waals surface area (Å²) in [4.78, 5) is 11.1. The van der Waals surface area contributed by atoms with Gasteiger partial charge in [0.25, 0.3) is 0 Å². The van der Waals surface area contributed by atoms with Crippen LogP contribution < -0.4 is 4.74 Å². The topological polar surface area (TPSA) is 35.5 Å². The molecule has 0 spiro atoms. The Kier molecular flexibility index (Phi) is 5.07. The van der Waals surface area contributed by atoms with Crippen molar-refractivity contribution in [1.29, 1.82) is 0 Å². The number of fused-ring (bicyclic) bond motifs is 1. The Morgan fingerprint density at radius 3 is 2.33 bits per heavy atom. The van der Waals surface area contributed by atoms with E-state index in [1.54, 1.807) is 0 Å². The van der Waals surface area contributed by atoms with Gasteiger partial charge in [0.15, 0.2) is 0 Å². The van der Waals surface area contributed by atoms with Crippen molar-refractivity contribution in [2.24, 2.45) is 0 Å². The number of ether oxygens (including phenoxy) is 2. The van der Waals surface area contributed by atoms with E-state index in [0.29, 0.717) is 10.8 Å². The van der Waals surface area contributed by atoms with Crippen LogP contribution in [0.25, 0.3) is 10.8 Å². The lowest BCUT2D eigenvalue weighted by Gasteiger charge is -2.12. The fourth-order valence-electron chi connectivity index (χ4n) is 2.40. The van der Waals surface area contributed by atoms with Crippen LogP contribution in [-0.2, 0) is 9.53 Å². The Morgan fingerprint density at radius 2 is 1.67 bits per heavy atom. The summed E-state index contributed by atoms with van der Waals surface area (Å²) in [5.41, 5.74) is 0.801. The molecule has 3 rings (SSSR count). The van der Waals surface area contributed by atoms with Crippen LogP contribution in [-0.4, -0.2) is 13.1 Å². The van der Waals surface area contributed by atoms with Gasteiger partial charge in [-0.15, -0.1) is 0 Å². The Hall–Kier alpha value is -2.04. The number of alkyl halides is 1. The summed E-state index contributed by atoms with van der Waals surface area (Å²) in [7, 11) is 1.36. The molecule has 24 heavy (non-hydrogen) atoms. The summed E-state index contributed by atoms with van der Waals surface area (Å²) < 4.78 is 10.7. The molecule has 0 aromatic heterocycles. The van der Waals surface area contributed by atoms with Crippen LogP contribution in [0.3, 0.4) is 0 Å². The number of rotatable bonds is 4. The zero-order valence-corrected chi connectivity index (χ0v) is 15.2. The Bertz CT molecular complexity index is 877. The number of methoxy groups -OCH3 is 1. The molecule has 0 fully saturated rings. The highest BCUT2D eigenvalue weighted by Gasteiger charge is 2.17. The Labute approximate surface area is 153 Å². The number of esters is 1. The molecule has 0 aliphatic heterocycles. The molecule has 122 valence electrons. The van der Waals surface area contributed by atoms with Gasteiger partial charge in [0.2, 0.25) is 0 Å². The molecule has 0 N–H and O–H groups in total. The smallest absolute Gasteiger partial charge is 0.323 e. The molecular weight excluding hydrogens is 392 g/mol. The zero-order valence-electron chi connectivity index (χ0n) is 12.8. The molecule has 0 saturated carbocycles. The maximum absolute atomic E-state index is 11.6. The molecule has 1 atom stereocenters. The van der Waals surface area contributed by atoms with Crippen LogP contribution in [0, 0.1) is 0 Å². The molecule has 5 heteroatoms. The van der Waals surface area contributed by atoms with Crippen LogP contribution in [0.15, 0.2) is 60.7 Å². The summed E-state index contributed by atoms with van der Waals surface area (Å²) in [5, 5.41) is 2.58. The first-order chi connectivity index (χ1) is 11.6. The Morgan fingerprint density at radius 1 is 1.00 bits per heavy atom. The summed E-state index contributed by atoms with van der Waals surface area (Å²) in [6.45, 7) is 0. The van der Waals surface area contributed by atoms with E-state index >= 15 is 0 Å². The highest BCUT2D eigenvalue weighted by atomic mass is 79.9. The number of carbonyl (C=O) groups is 1. The second-order valence-corrected chi connectivity index (χ2v) is 6.47. The van der Waals surface area contributed by atoms with E-state index in [1.165, 1.54) is 7.11 Å². The predicted molar refractivity (Wildman–Crippen MR) is 99.2 cm³/mol. The second kappa shape index (κ2) is 7.24. The molecule has 0 radical (unpaired) electrons. The molecule has 3 aromatic carbocycles. The molecule has 1 unspecified atom stereocenters. The third-order valence-corrected chi connectivity index (χ3v) is 4.87. The van der Waals surface area contributed by atoms with E-state index in [9.17, 15) is 4.79 Å². The standard InChI is InChI=1S/C19H14BrClO3/c1-23-19(22)18(20)12-6-8-13(9-7-12)24-17-11-10-16(21)14-4-2-3-5-15(14)17/h2-11,18H,1H3. The number of hydrogen-bond donors (Lipinski definition) is 0. The van der Waals surface area contributed by atoms with Gasteiger partial charge in [0.1, 0.15) is 16.3 Å². The maximum atomic E-state index is 11.6. The summed E-state index contributed by atoms with van der Waals surface area (Å²) in [5.74, 6) is 1.06. The van der Waals surface area contributed by atoms with E-state index < -0.39 is 4.83 Å². The highest BCUT2D eigenvalue weighted by Crippen LogP contribution is 2.34. The van der Waals surface area contributed by atoms with Gasteiger partial charge in [-0.2, -0.15) is 0 Å². The molecule has 3 nitrogen and oxygen atoms in total. The Balaban J connectivity index is 1.87. The van der Waals surface area contributed by atoms with Crippen molar-refractivity contribution in [3.8, 4) is 11.5 Å². The fourth-order valence-corrected chi connectivity index (χ4v) is 3.11. The third kappa shape index (κ3) is 3.40. The molecular formula is C19H14BrClO3. The van der Waals surface area contributed by atoms with Crippen molar-refractivity contribution in [2.75, 3.05) is 7.11 Å². The van der Waals surface area contributed by atoms with Crippen LogP contribution in [0.1, 0.15) is 10.4 Å². The van der Waals surface area contributed by atoms with Crippen molar-refractivity contribution in [3.05, 3.63) is 71.2 Å². The lowest BCUT2D eigenvalue weighted by atomic mass is 10.1. The SMILES string of the molecule is COC(=O)C(Br)c1ccc(Oc2ccc(Cl)c3ccccc23)cc1. The predicted octanol–water partition coefficient (Wildman–Crippen LogP) is 5.89. The molecule has 0 aliphatic carbocycles. The van der Waals surface area contributed by atoms with Crippen LogP contribution in [0.4, 0.5) is 0 Å². The van der Waals surface area contributed by atoms with Crippen molar-refractivity contribution in [2.45, 2.75) is 4.83 Å². The van der Waals surface area contributed by atoms with Gasteiger partial charge in [0, 0.05) is 15.8 Å². The van der Waals surface area contributed by atoms with Gasteiger partial charge in [0.05, 0.1) is 7.11 Å². The van der Waals surface area contributed by atoms with Crippen LogP contribution in [0.2, 0.25) is 5.02 Å². The van der Waals surface area contributed by atoms with E-state index in [1.807, 2.05) is 60.7 Å². The molecule has 0 bridgehead atoms. The number of benzene rings is 3. The van der Waals surface area contributed by atoms with Crippen molar-refractivity contribution in [3.63, 3.8) is 0 Å². The number of hydrogen-bond acceptors (Lipinski definition) is 3. The molecule has 3 aromatic rings. The van der Waals surface area contributed by atoms with Gasteiger partial charge < -0.3 is 9.47 Å². The van der Waals surface area contributed by atoms with Gasteiger partial charge in [-0.25, -0.2) is 0 Å². The largest absolute Gasteiger partial charge is 0.468 e. The van der Waals surface area contributed by atoms with Crippen molar-refractivity contribution >= 4 is 44.3 Å². The van der Waals surface area contributed by atoms with Gasteiger partial charge >= 0.3 is 5.97 Å². The average Bonchev–Trinajstić information content (AvgIpc) is 2.63. The van der Waals surface area contributed by atoms with E-state index in [2.05, 4.69) is 15.9 Å². The zero-order chi connectivity index (χ0) is 17.1. The monoisotopic (exact) mass is 404 g/mol. The summed E-state index contributed by atoms with van der Waals surface area (Å²) >= 11 is 9.54. The average molecular weight is 406 g/mol. The van der Waals surface area contributed by atoms with Crippen LogP contribution >= 0.6 is 27.5 Å². The summed E-state index contributed by atoms with van der Waals surface area (Å²) in [6.07, 6.45) is 0. The lowest BCUT2D eigenvalue weighted by molar-refractivity contribution is -0.139. The molecule has 0 amide bonds. The minimum Gasteiger partial charge on any atom is -0.468 e. The molecule has 0 heterocycles. The highest BCUT2D eigenvalue weighted by molar-refractivity contribution is 9.09. The normalized spacial score (nSPS) is 12.0. The summed E-state index contributed by atoms with van der Waals surface area (Å²) in [6, 6.07) is 18.8. The van der Waals surface area contributed by atoms with Crippen molar-refractivity contribution in [1.82, 2.24) is 0 Å². The van der Waals surface area contributed by atoms with Gasteiger partial charge in [-0.1, -0.05) is 63.9 Å². The fraction of sp³-hybridized carbons (Fsp3) is 0.105. The quantitative estimate of drug-likeness (QED) is 0.401. The first-order valence-corrected chi connectivity index (χ1v) is 8.56. The van der Waals surface area contributed by atoms with Crippen LogP contribution in [0.5, 0.6) is 11.5 Å². The van der Waals surface area contributed by atoms with Gasteiger partial charge in [-0.3, -0.25) is 4.79 Å². The van der Waals surface area contributed by atoms with E-state index in [4.69, 9.17) is 21.1 Å². The molecule has 0 aliphatic rings. The maximum Gasteiger partial charge on any atom is 0.323 e. The molecule has 0 saturated heterocycles.